The van der Waals surface area contributed by atoms with Gasteiger partial charge in [0.2, 0.25) is 0 Å². The van der Waals surface area contributed by atoms with Crippen LogP contribution in [0.25, 0.3) is 0 Å². The summed E-state index contributed by atoms with van der Waals surface area (Å²) in [6, 6.07) is 4.91. The standard InChI is InChI=1S/C13H16BrNO3/c1-8-6-15(7-9(2)18-8)13(17)11-4-3-10(14)5-12(11)16/h3-5,8-9,16H,6-7H2,1-2H3/t8-,9-/m1/s1. The third-order valence-corrected chi connectivity index (χ3v) is 3.39. The number of rotatable bonds is 1. The van der Waals surface area contributed by atoms with Gasteiger partial charge < -0.3 is 14.7 Å². The van der Waals surface area contributed by atoms with Gasteiger partial charge in [-0.3, -0.25) is 4.79 Å². The number of nitrogens with zero attached hydrogens (tertiary/aromatic N) is 1. The van der Waals surface area contributed by atoms with Gasteiger partial charge in [0.1, 0.15) is 5.75 Å². The summed E-state index contributed by atoms with van der Waals surface area (Å²) >= 11 is 3.26. The van der Waals surface area contributed by atoms with Crippen LogP contribution in [0.1, 0.15) is 24.2 Å². The Labute approximate surface area is 115 Å². The first kappa shape index (κ1) is 13.4. The highest BCUT2D eigenvalue weighted by Crippen LogP contribution is 2.24. The van der Waals surface area contributed by atoms with E-state index in [2.05, 4.69) is 15.9 Å². The van der Waals surface area contributed by atoms with E-state index in [-0.39, 0.29) is 23.9 Å². The lowest BCUT2D eigenvalue weighted by Gasteiger charge is -2.35. The smallest absolute Gasteiger partial charge is 0.257 e. The Morgan fingerprint density at radius 1 is 1.39 bits per heavy atom. The summed E-state index contributed by atoms with van der Waals surface area (Å²) in [7, 11) is 0. The molecule has 1 fully saturated rings. The number of amides is 1. The van der Waals surface area contributed by atoms with Gasteiger partial charge >= 0.3 is 0 Å². The SMILES string of the molecule is C[C@@H]1CN(C(=O)c2ccc(Br)cc2O)C[C@@H](C)O1. The van der Waals surface area contributed by atoms with Crippen molar-refractivity contribution in [2.45, 2.75) is 26.1 Å². The molecule has 0 bridgehead atoms. The molecule has 0 unspecified atom stereocenters. The summed E-state index contributed by atoms with van der Waals surface area (Å²) in [5.74, 6) is -0.150. The Balaban J connectivity index is 2.20. The van der Waals surface area contributed by atoms with Crippen molar-refractivity contribution < 1.29 is 14.6 Å². The Bertz CT molecular complexity index is 454. The van der Waals surface area contributed by atoms with Gasteiger partial charge in [-0.1, -0.05) is 15.9 Å². The van der Waals surface area contributed by atoms with E-state index in [9.17, 15) is 9.90 Å². The Morgan fingerprint density at radius 2 is 2.00 bits per heavy atom. The Kier molecular flexibility index (Phi) is 3.92. The molecule has 1 amide bonds. The molecule has 18 heavy (non-hydrogen) atoms. The molecule has 1 aliphatic heterocycles. The van der Waals surface area contributed by atoms with Crippen LogP contribution in [0.15, 0.2) is 22.7 Å². The van der Waals surface area contributed by atoms with Gasteiger partial charge in [0.25, 0.3) is 5.91 Å². The minimum absolute atomic E-state index is 0.00109. The van der Waals surface area contributed by atoms with Gasteiger partial charge in [0.05, 0.1) is 17.8 Å². The second kappa shape index (κ2) is 5.28. The van der Waals surface area contributed by atoms with E-state index in [1.54, 1.807) is 17.0 Å². The summed E-state index contributed by atoms with van der Waals surface area (Å²) in [6.45, 7) is 4.99. The fourth-order valence-electron chi connectivity index (χ4n) is 2.20. The summed E-state index contributed by atoms with van der Waals surface area (Å²) < 4.78 is 6.34. The minimum Gasteiger partial charge on any atom is -0.507 e. The molecule has 0 radical (unpaired) electrons. The average molecular weight is 314 g/mol. The van der Waals surface area contributed by atoms with Crippen LogP contribution in [0.3, 0.4) is 0 Å². The number of ether oxygens (including phenoxy) is 1. The third-order valence-electron chi connectivity index (χ3n) is 2.90. The van der Waals surface area contributed by atoms with E-state index in [1.165, 1.54) is 6.07 Å². The predicted octanol–water partition coefficient (Wildman–Crippen LogP) is 2.40. The summed E-state index contributed by atoms with van der Waals surface area (Å²) in [4.78, 5) is 14.0. The van der Waals surface area contributed by atoms with Gasteiger partial charge in [0, 0.05) is 17.6 Å². The van der Waals surface area contributed by atoms with Crippen molar-refractivity contribution in [3.05, 3.63) is 28.2 Å². The fourth-order valence-corrected chi connectivity index (χ4v) is 2.55. The van der Waals surface area contributed by atoms with Crippen LogP contribution in [0.5, 0.6) is 5.75 Å². The van der Waals surface area contributed by atoms with Crippen LogP contribution >= 0.6 is 15.9 Å². The highest BCUT2D eigenvalue weighted by molar-refractivity contribution is 9.10. The molecule has 1 saturated heterocycles. The molecule has 2 rings (SSSR count). The van der Waals surface area contributed by atoms with Crippen molar-refractivity contribution in [3.63, 3.8) is 0 Å². The molecule has 2 atom stereocenters. The normalized spacial score (nSPS) is 24.1. The van der Waals surface area contributed by atoms with E-state index < -0.39 is 0 Å². The second-order valence-corrected chi connectivity index (χ2v) is 5.54. The topological polar surface area (TPSA) is 49.8 Å². The van der Waals surface area contributed by atoms with Crippen molar-refractivity contribution in [1.82, 2.24) is 4.90 Å². The lowest BCUT2D eigenvalue weighted by atomic mass is 10.1. The number of hydrogen-bond acceptors (Lipinski definition) is 3. The van der Waals surface area contributed by atoms with Crippen molar-refractivity contribution in [2.75, 3.05) is 13.1 Å². The highest BCUT2D eigenvalue weighted by atomic mass is 79.9. The van der Waals surface area contributed by atoms with Gasteiger partial charge in [-0.05, 0) is 32.0 Å². The minimum atomic E-state index is -0.151. The van der Waals surface area contributed by atoms with Crippen LogP contribution in [-0.4, -0.2) is 41.2 Å². The number of phenolic OH excluding ortho intramolecular Hbond substituents is 1. The first-order chi connectivity index (χ1) is 8.47. The maximum Gasteiger partial charge on any atom is 0.257 e. The monoisotopic (exact) mass is 313 g/mol. The van der Waals surface area contributed by atoms with Crippen LogP contribution in [-0.2, 0) is 4.74 Å². The highest BCUT2D eigenvalue weighted by Gasteiger charge is 2.27. The Hall–Kier alpha value is -1.07. The number of aromatic hydroxyl groups is 1. The molecule has 1 aliphatic rings. The molecule has 1 heterocycles. The molecular formula is C13H16BrNO3. The molecule has 0 aromatic heterocycles. The molecule has 1 N–H and O–H groups in total. The fraction of sp³-hybridized carbons (Fsp3) is 0.462. The molecule has 0 spiro atoms. The largest absolute Gasteiger partial charge is 0.507 e. The van der Waals surface area contributed by atoms with Crippen molar-refractivity contribution in [3.8, 4) is 5.75 Å². The summed E-state index contributed by atoms with van der Waals surface area (Å²) in [5.41, 5.74) is 0.333. The molecule has 98 valence electrons. The lowest BCUT2D eigenvalue weighted by molar-refractivity contribution is -0.0586. The first-order valence-corrected chi connectivity index (χ1v) is 6.70. The van der Waals surface area contributed by atoms with Gasteiger partial charge in [0.15, 0.2) is 0 Å². The quantitative estimate of drug-likeness (QED) is 0.866. The Morgan fingerprint density at radius 3 is 2.56 bits per heavy atom. The lowest BCUT2D eigenvalue weighted by Crippen LogP contribution is -2.48. The van der Waals surface area contributed by atoms with Gasteiger partial charge in [-0.2, -0.15) is 0 Å². The van der Waals surface area contributed by atoms with E-state index in [0.29, 0.717) is 18.7 Å². The average Bonchev–Trinajstić information content (AvgIpc) is 2.26. The molecule has 0 aliphatic carbocycles. The van der Waals surface area contributed by atoms with E-state index in [4.69, 9.17) is 4.74 Å². The van der Waals surface area contributed by atoms with Crippen molar-refractivity contribution >= 4 is 21.8 Å². The van der Waals surface area contributed by atoms with E-state index >= 15 is 0 Å². The number of carbonyl (C=O) groups excluding carboxylic acids is 1. The third kappa shape index (κ3) is 2.84. The molecule has 1 aromatic rings. The van der Waals surface area contributed by atoms with Crippen LogP contribution in [0.2, 0.25) is 0 Å². The molecular weight excluding hydrogens is 298 g/mol. The molecule has 0 saturated carbocycles. The number of phenols is 1. The van der Waals surface area contributed by atoms with Gasteiger partial charge in [-0.25, -0.2) is 0 Å². The first-order valence-electron chi connectivity index (χ1n) is 5.90. The second-order valence-electron chi connectivity index (χ2n) is 4.63. The van der Waals surface area contributed by atoms with Crippen molar-refractivity contribution in [1.29, 1.82) is 0 Å². The maximum absolute atomic E-state index is 12.3. The maximum atomic E-state index is 12.3. The predicted molar refractivity (Wildman–Crippen MR) is 71.7 cm³/mol. The van der Waals surface area contributed by atoms with Gasteiger partial charge in [-0.15, -0.1) is 0 Å². The number of halogens is 1. The summed E-state index contributed by atoms with van der Waals surface area (Å²) in [5, 5.41) is 9.82. The van der Waals surface area contributed by atoms with Crippen LogP contribution in [0.4, 0.5) is 0 Å². The van der Waals surface area contributed by atoms with E-state index in [0.717, 1.165) is 4.47 Å². The number of hydrogen-bond donors (Lipinski definition) is 1. The molecule has 1 aromatic carbocycles. The van der Waals surface area contributed by atoms with Crippen LogP contribution in [0, 0.1) is 0 Å². The molecule has 4 nitrogen and oxygen atoms in total. The molecule has 5 heteroatoms. The zero-order valence-corrected chi connectivity index (χ0v) is 12.0. The van der Waals surface area contributed by atoms with Crippen molar-refractivity contribution in [2.24, 2.45) is 0 Å². The number of morpholine rings is 1. The van der Waals surface area contributed by atoms with Crippen LogP contribution < -0.4 is 0 Å². The number of benzene rings is 1. The zero-order chi connectivity index (χ0) is 13.3. The van der Waals surface area contributed by atoms with E-state index in [1.807, 2.05) is 13.8 Å². The number of carbonyl (C=O) groups is 1. The zero-order valence-electron chi connectivity index (χ0n) is 10.4. The summed E-state index contributed by atoms with van der Waals surface area (Å²) in [6.07, 6.45) is 0.0468.